The number of rotatable bonds is 4. The summed E-state index contributed by atoms with van der Waals surface area (Å²) in [5.74, 6) is -3.06. The monoisotopic (exact) mass is 204 g/mol. The molecule has 0 saturated heterocycles. The van der Waals surface area contributed by atoms with E-state index in [2.05, 4.69) is 5.32 Å². The van der Waals surface area contributed by atoms with Crippen molar-refractivity contribution in [3.8, 4) is 0 Å². The summed E-state index contributed by atoms with van der Waals surface area (Å²) in [5, 5.41) is 2.62. The quantitative estimate of drug-likeness (QED) is 0.580. The van der Waals surface area contributed by atoms with Gasteiger partial charge in [0, 0.05) is 18.7 Å². The first-order chi connectivity index (χ1) is 6.65. The molecule has 0 fully saturated rings. The van der Waals surface area contributed by atoms with Crippen molar-refractivity contribution in [3.63, 3.8) is 0 Å². The Balaban J connectivity index is 2.72. The maximum atomic E-state index is 13.0. The number of nitrogens with two attached hydrogens (primary N) is 1. The van der Waals surface area contributed by atoms with Crippen LogP contribution in [0.1, 0.15) is 6.42 Å². The van der Waals surface area contributed by atoms with E-state index in [0.29, 0.717) is 25.6 Å². The van der Waals surface area contributed by atoms with Crippen molar-refractivity contribution in [1.82, 2.24) is 0 Å². The number of halogens is 3. The summed E-state index contributed by atoms with van der Waals surface area (Å²) in [7, 11) is 0. The molecule has 0 aromatic heterocycles. The Morgan fingerprint density at radius 3 is 2.36 bits per heavy atom. The molecule has 1 rings (SSSR count). The largest absolute Gasteiger partial charge is 0.383 e. The maximum absolute atomic E-state index is 13.0. The molecule has 0 spiro atoms. The third-order valence-electron chi connectivity index (χ3n) is 1.71. The van der Waals surface area contributed by atoms with E-state index in [9.17, 15) is 13.2 Å². The molecule has 5 heteroatoms. The minimum absolute atomic E-state index is 0.0441. The van der Waals surface area contributed by atoms with E-state index in [4.69, 9.17) is 5.73 Å². The first kappa shape index (κ1) is 10.8. The standard InChI is InChI=1S/C9H11F3N2/c10-6-4-8(12)9(5-7(6)11)14-3-1-2-13/h4-5,14H,1-3,13H2. The van der Waals surface area contributed by atoms with Gasteiger partial charge in [-0.3, -0.25) is 0 Å². The van der Waals surface area contributed by atoms with E-state index in [1.165, 1.54) is 0 Å². The van der Waals surface area contributed by atoms with Crippen LogP contribution in [-0.4, -0.2) is 13.1 Å². The van der Waals surface area contributed by atoms with Crippen molar-refractivity contribution in [3.05, 3.63) is 29.6 Å². The van der Waals surface area contributed by atoms with Crippen LogP contribution in [0.25, 0.3) is 0 Å². The summed E-state index contributed by atoms with van der Waals surface area (Å²) in [5.41, 5.74) is 5.17. The Morgan fingerprint density at radius 1 is 1.07 bits per heavy atom. The second-order valence-corrected chi connectivity index (χ2v) is 2.82. The van der Waals surface area contributed by atoms with E-state index in [1.807, 2.05) is 0 Å². The van der Waals surface area contributed by atoms with E-state index >= 15 is 0 Å². The molecular weight excluding hydrogens is 193 g/mol. The van der Waals surface area contributed by atoms with Crippen molar-refractivity contribution in [2.75, 3.05) is 18.4 Å². The average molecular weight is 204 g/mol. The van der Waals surface area contributed by atoms with Gasteiger partial charge in [-0.2, -0.15) is 0 Å². The molecule has 1 aromatic rings. The summed E-state index contributed by atoms with van der Waals surface area (Å²) in [6, 6.07) is 1.31. The zero-order valence-corrected chi connectivity index (χ0v) is 7.49. The molecule has 0 atom stereocenters. The van der Waals surface area contributed by atoms with E-state index in [0.717, 1.165) is 6.07 Å². The summed E-state index contributed by atoms with van der Waals surface area (Å²) < 4.78 is 38.1. The van der Waals surface area contributed by atoms with Gasteiger partial charge in [0.1, 0.15) is 5.82 Å². The minimum atomic E-state index is -1.19. The zero-order valence-electron chi connectivity index (χ0n) is 7.49. The van der Waals surface area contributed by atoms with Crippen molar-refractivity contribution >= 4 is 5.69 Å². The van der Waals surface area contributed by atoms with Crippen LogP contribution >= 0.6 is 0 Å². The lowest BCUT2D eigenvalue weighted by molar-refractivity contribution is 0.496. The van der Waals surface area contributed by atoms with Crippen molar-refractivity contribution < 1.29 is 13.2 Å². The van der Waals surface area contributed by atoms with Gasteiger partial charge in [0.2, 0.25) is 0 Å². The third kappa shape index (κ3) is 2.63. The zero-order chi connectivity index (χ0) is 10.6. The second-order valence-electron chi connectivity index (χ2n) is 2.82. The molecule has 78 valence electrons. The van der Waals surface area contributed by atoms with Gasteiger partial charge in [-0.05, 0) is 13.0 Å². The van der Waals surface area contributed by atoms with Gasteiger partial charge < -0.3 is 11.1 Å². The highest BCUT2D eigenvalue weighted by Gasteiger charge is 2.08. The Bertz CT molecular complexity index is 315. The molecule has 3 N–H and O–H groups in total. The summed E-state index contributed by atoms with van der Waals surface area (Å²) in [4.78, 5) is 0. The molecular formula is C9H11F3N2. The van der Waals surface area contributed by atoms with Crippen LogP contribution in [0.2, 0.25) is 0 Å². The Kier molecular flexibility index (Phi) is 3.76. The molecule has 0 aliphatic rings. The molecule has 0 radical (unpaired) electrons. The predicted molar refractivity (Wildman–Crippen MR) is 48.5 cm³/mol. The fourth-order valence-corrected chi connectivity index (χ4v) is 0.983. The van der Waals surface area contributed by atoms with Crippen LogP contribution in [0, 0.1) is 17.5 Å². The number of nitrogens with one attached hydrogen (secondary N) is 1. The first-order valence-corrected chi connectivity index (χ1v) is 4.23. The second kappa shape index (κ2) is 4.85. The molecule has 0 amide bonds. The Hall–Kier alpha value is -1.23. The Morgan fingerprint density at radius 2 is 1.71 bits per heavy atom. The average Bonchev–Trinajstić information content (AvgIpc) is 2.14. The van der Waals surface area contributed by atoms with Gasteiger partial charge in [0.05, 0.1) is 5.69 Å². The first-order valence-electron chi connectivity index (χ1n) is 4.23. The molecule has 0 aliphatic carbocycles. The maximum Gasteiger partial charge on any atom is 0.161 e. The van der Waals surface area contributed by atoms with Crippen LogP contribution < -0.4 is 11.1 Å². The number of hydrogen-bond donors (Lipinski definition) is 2. The van der Waals surface area contributed by atoms with Gasteiger partial charge in [0.15, 0.2) is 11.6 Å². The van der Waals surface area contributed by atoms with Crippen LogP contribution in [0.5, 0.6) is 0 Å². The molecule has 2 nitrogen and oxygen atoms in total. The van der Waals surface area contributed by atoms with Crippen LogP contribution in [0.15, 0.2) is 12.1 Å². The lowest BCUT2D eigenvalue weighted by Crippen LogP contribution is -2.09. The Labute approximate surface area is 79.9 Å². The normalized spacial score (nSPS) is 10.3. The van der Waals surface area contributed by atoms with E-state index in [1.54, 1.807) is 0 Å². The fraction of sp³-hybridized carbons (Fsp3) is 0.333. The molecule has 0 unspecified atom stereocenters. The fourth-order valence-electron chi connectivity index (χ4n) is 0.983. The number of benzene rings is 1. The predicted octanol–water partition coefficient (Wildman–Crippen LogP) is 1.86. The third-order valence-corrected chi connectivity index (χ3v) is 1.71. The van der Waals surface area contributed by atoms with Crippen LogP contribution in [-0.2, 0) is 0 Å². The molecule has 1 aromatic carbocycles. The lowest BCUT2D eigenvalue weighted by atomic mass is 10.2. The molecule has 0 bridgehead atoms. The molecule has 0 heterocycles. The summed E-state index contributed by atoms with van der Waals surface area (Å²) in [6.07, 6.45) is 0.637. The van der Waals surface area contributed by atoms with Crippen LogP contribution in [0.3, 0.4) is 0 Å². The molecule has 14 heavy (non-hydrogen) atoms. The van der Waals surface area contributed by atoms with Crippen LogP contribution in [0.4, 0.5) is 18.9 Å². The topological polar surface area (TPSA) is 38.0 Å². The molecule has 0 saturated carbocycles. The highest BCUT2D eigenvalue weighted by atomic mass is 19.2. The summed E-state index contributed by atoms with van der Waals surface area (Å²) in [6.45, 7) is 0.886. The van der Waals surface area contributed by atoms with Crippen molar-refractivity contribution in [2.24, 2.45) is 5.73 Å². The van der Waals surface area contributed by atoms with E-state index < -0.39 is 17.5 Å². The van der Waals surface area contributed by atoms with E-state index in [-0.39, 0.29) is 5.69 Å². The number of anilines is 1. The van der Waals surface area contributed by atoms with Gasteiger partial charge in [-0.1, -0.05) is 0 Å². The smallest absolute Gasteiger partial charge is 0.161 e. The summed E-state index contributed by atoms with van der Waals surface area (Å²) >= 11 is 0. The highest BCUT2D eigenvalue weighted by Crippen LogP contribution is 2.17. The van der Waals surface area contributed by atoms with Gasteiger partial charge in [0.25, 0.3) is 0 Å². The number of hydrogen-bond acceptors (Lipinski definition) is 2. The highest BCUT2D eigenvalue weighted by molar-refractivity contribution is 5.45. The SMILES string of the molecule is NCCCNc1cc(F)c(F)cc1F. The minimum Gasteiger partial charge on any atom is -0.383 e. The van der Waals surface area contributed by atoms with Gasteiger partial charge >= 0.3 is 0 Å². The van der Waals surface area contributed by atoms with Gasteiger partial charge in [-0.15, -0.1) is 0 Å². The van der Waals surface area contributed by atoms with Crippen molar-refractivity contribution in [2.45, 2.75) is 6.42 Å². The van der Waals surface area contributed by atoms with Crippen molar-refractivity contribution in [1.29, 1.82) is 0 Å². The lowest BCUT2D eigenvalue weighted by Gasteiger charge is -2.06. The molecule has 0 aliphatic heterocycles. The van der Waals surface area contributed by atoms with Gasteiger partial charge in [-0.25, -0.2) is 13.2 Å².